The van der Waals surface area contributed by atoms with Gasteiger partial charge in [-0.05, 0) is 37.1 Å². The zero-order chi connectivity index (χ0) is 21.1. The molecule has 2 aromatic carbocycles. The Bertz CT molecular complexity index is 1190. The Hall–Kier alpha value is -3.46. The number of nitrogens with one attached hydrogen (secondary N) is 1. The molecule has 0 saturated heterocycles. The lowest BCUT2D eigenvalue weighted by Crippen LogP contribution is -2.14. The molecule has 4 aromatic rings. The molecule has 1 N–H and O–H groups in total. The van der Waals surface area contributed by atoms with Gasteiger partial charge >= 0.3 is 0 Å². The Morgan fingerprint density at radius 3 is 2.67 bits per heavy atom. The quantitative estimate of drug-likeness (QED) is 0.473. The Morgan fingerprint density at radius 2 is 1.90 bits per heavy atom. The van der Waals surface area contributed by atoms with Crippen LogP contribution in [-0.2, 0) is 11.8 Å². The number of nitrogens with zero attached hydrogens (tertiary/aromatic N) is 5. The molecular weight excluding hydrogens is 400 g/mol. The molecule has 1 amide bonds. The van der Waals surface area contributed by atoms with Gasteiger partial charge in [-0.25, -0.2) is 0 Å². The van der Waals surface area contributed by atoms with Crippen LogP contribution in [0.4, 0.5) is 5.69 Å². The van der Waals surface area contributed by atoms with Crippen LogP contribution in [0.25, 0.3) is 23.1 Å². The second-order valence-corrected chi connectivity index (χ2v) is 7.73. The van der Waals surface area contributed by atoms with Crippen molar-refractivity contribution < 1.29 is 9.32 Å². The Balaban J connectivity index is 1.42. The molecule has 8 nitrogen and oxygen atoms in total. The van der Waals surface area contributed by atoms with Gasteiger partial charge in [-0.3, -0.25) is 4.79 Å². The molecule has 2 aromatic heterocycles. The molecule has 0 radical (unpaired) electrons. The van der Waals surface area contributed by atoms with Crippen molar-refractivity contribution in [3.05, 3.63) is 59.7 Å². The zero-order valence-corrected chi connectivity index (χ0v) is 17.6. The van der Waals surface area contributed by atoms with E-state index in [9.17, 15) is 4.79 Å². The molecule has 0 saturated carbocycles. The van der Waals surface area contributed by atoms with Gasteiger partial charge in [0.1, 0.15) is 0 Å². The summed E-state index contributed by atoms with van der Waals surface area (Å²) in [6.45, 7) is 4.05. The third-order valence-corrected chi connectivity index (χ3v) is 5.63. The lowest BCUT2D eigenvalue weighted by molar-refractivity contribution is -0.113. The SMILES string of the molecule is Cc1ccc(NC(=O)CSc2nnc(-c3nc(-c4ccccc4)no3)n2C)cc1C. The van der Waals surface area contributed by atoms with Crippen LogP contribution in [0.5, 0.6) is 0 Å². The number of aromatic nitrogens is 5. The maximum Gasteiger partial charge on any atom is 0.296 e. The van der Waals surface area contributed by atoms with E-state index in [-0.39, 0.29) is 17.6 Å². The largest absolute Gasteiger partial charge is 0.330 e. The van der Waals surface area contributed by atoms with Crippen molar-refractivity contribution in [1.29, 1.82) is 0 Å². The predicted octanol–water partition coefficient (Wildman–Crippen LogP) is 3.88. The second kappa shape index (κ2) is 8.50. The van der Waals surface area contributed by atoms with Gasteiger partial charge in [0.2, 0.25) is 17.6 Å². The summed E-state index contributed by atoms with van der Waals surface area (Å²) in [5.74, 6) is 1.29. The normalized spacial score (nSPS) is 10.9. The van der Waals surface area contributed by atoms with E-state index in [4.69, 9.17) is 4.52 Å². The fourth-order valence-electron chi connectivity index (χ4n) is 2.79. The van der Waals surface area contributed by atoms with Crippen molar-refractivity contribution in [2.24, 2.45) is 7.05 Å². The van der Waals surface area contributed by atoms with E-state index >= 15 is 0 Å². The van der Waals surface area contributed by atoms with Gasteiger partial charge in [-0.1, -0.05) is 53.3 Å². The number of anilines is 1. The van der Waals surface area contributed by atoms with Crippen LogP contribution < -0.4 is 5.32 Å². The molecule has 0 aliphatic carbocycles. The molecule has 2 heterocycles. The molecule has 9 heteroatoms. The maximum atomic E-state index is 12.3. The van der Waals surface area contributed by atoms with Gasteiger partial charge in [0.05, 0.1) is 5.75 Å². The molecule has 0 aliphatic rings. The third-order valence-electron chi connectivity index (χ3n) is 4.61. The standard InChI is InChI=1S/C21H20N6O2S/c1-13-9-10-16(11-14(13)2)22-17(28)12-30-21-25-24-19(27(21)3)20-23-18(26-29-20)15-7-5-4-6-8-15/h4-11H,12H2,1-3H3,(H,22,28). The number of thioether (sulfide) groups is 1. The topological polar surface area (TPSA) is 98.7 Å². The Morgan fingerprint density at radius 1 is 1.10 bits per heavy atom. The Kier molecular flexibility index (Phi) is 5.62. The minimum absolute atomic E-state index is 0.114. The lowest BCUT2D eigenvalue weighted by Gasteiger charge is -2.07. The molecule has 0 aliphatic heterocycles. The first-order valence-corrected chi connectivity index (χ1v) is 10.3. The summed E-state index contributed by atoms with van der Waals surface area (Å²) in [5.41, 5.74) is 3.95. The molecule has 0 fully saturated rings. The van der Waals surface area contributed by atoms with Gasteiger partial charge in [-0.15, -0.1) is 10.2 Å². The van der Waals surface area contributed by atoms with Gasteiger partial charge in [0.25, 0.3) is 5.89 Å². The highest BCUT2D eigenvalue weighted by Crippen LogP contribution is 2.24. The highest BCUT2D eigenvalue weighted by atomic mass is 32.2. The minimum Gasteiger partial charge on any atom is -0.330 e. The number of carbonyl (C=O) groups excluding carboxylic acids is 1. The first kappa shape index (κ1) is 19.8. The van der Waals surface area contributed by atoms with E-state index in [2.05, 4.69) is 25.7 Å². The van der Waals surface area contributed by atoms with Crippen molar-refractivity contribution in [3.8, 4) is 23.1 Å². The van der Waals surface area contributed by atoms with E-state index in [1.807, 2.05) is 62.4 Å². The summed E-state index contributed by atoms with van der Waals surface area (Å²) in [7, 11) is 1.80. The molecule has 0 spiro atoms. The molecule has 152 valence electrons. The summed E-state index contributed by atoms with van der Waals surface area (Å²) in [5, 5.41) is 15.8. The maximum absolute atomic E-state index is 12.3. The number of benzene rings is 2. The number of aryl methyl sites for hydroxylation is 2. The van der Waals surface area contributed by atoms with E-state index < -0.39 is 0 Å². The zero-order valence-electron chi connectivity index (χ0n) is 16.8. The van der Waals surface area contributed by atoms with E-state index in [1.54, 1.807) is 11.6 Å². The summed E-state index contributed by atoms with van der Waals surface area (Å²) in [4.78, 5) is 16.7. The Labute approximate surface area is 177 Å². The number of hydrogen-bond acceptors (Lipinski definition) is 7. The molecule has 0 atom stereocenters. The van der Waals surface area contributed by atoms with Crippen LogP contribution in [0.1, 0.15) is 11.1 Å². The average molecular weight is 420 g/mol. The average Bonchev–Trinajstić information content (AvgIpc) is 3.37. The van der Waals surface area contributed by atoms with Crippen LogP contribution in [0, 0.1) is 13.8 Å². The second-order valence-electron chi connectivity index (χ2n) is 6.79. The highest BCUT2D eigenvalue weighted by molar-refractivity contribution is 7.99. The smallest absolute Gasteiger partial charge is 0.296 e. The first-order chi connectivity index (χ1) is 14.5. The van der Waals surface area contributed by atoms with E-state index in [0.29, 0.717) is 16.8 Å². The van der Waals surface area contributed by atoms with Gasteiger partial charge in [-0.2, -0.15) is 4.98 Å². The lowest BCUT2D eigenvalue weighted by atomic mass is 10.1. The fraction of sp³-hybridized carbons (Fsp3) is 0.190. The summed E-state index contributed by atoms with van der Waals surface area (Å²) >= 11 is 1.29. The van der Waals surface area contributed by atoms with Crippen molar-refractivity contribution in [1.82, 2.24) is 24.9 Å². The van der Waals surface area contributed by atoms with Crippen molar-refractivity contribution in [2.75, 3.05) is 11.1 Å². The number of rotatable bonds is 6. The van der Waals surface area contributed by atoms with Crippen LogP contribution >= 0.6 is 11.8 Å². The predicted molar refractivity (Wildman–Crippen MR) is 115 cm³/mol. The van der Waals surface area contributed by atoms with Crippen molar-refractivity contribution in [2.45, 2.75) is 19.0 Å². The van der Waals surface area contributed by atoms with E-state index in [1.165, 1.54) is 17.3 Å². The van der Waals surface area contributed by atoms with Crippen LogP contribution in [0.3, 0.4) is 0 Å². The summed E-state index contributed by atoms with van der Waals surface area (Å²) < 4.78 is 7.08. The molecule has 30 heavy (non-hydrogen) atoms. The summed E-state index contributed by atoms with van der Waals surface area (Å²) in [6, 6.07) is 15.4. The molecular formula is C21H20N6O2S. The fourth-order valence-corrected chi connectivity index (χ4v) is 3.50. The first-order valence-electron chi connectivity index (χ1n) is 9.30. The van der Waals surface area contributed by atoms with Crippen LogP contribution in [0.2, 0.25) is 0 Å². The highest BCUT2D eigenvalue weighted by Gasteiger charge is 2.19. The van der Waals surface area contributed by atoms with Crippen LogP contribution in [-0.4, -0.2) is 36.6 Å². The third kappa shape index (κ3) is 4.25. The number of carbonyl (C=O) groups is 1. The monoisotopic (exact) mass is 420 g/mol. The molecule has 4 rings (SSSR count). The van der Waals surface area contributed by atoms with E-state index in [0.717, 1.165) is 16.8 Å². The van der Waals surface area contributed by atoms with Gasteiger partial charge < -0.3 is 14.4 Å². The number of amides is 1. The van der Waals surface area contributed by atoms with Crippen molar-refractivity contribution in [3.63, 3.8) is 0 Å². The van der Waals surface area contributed by atoms with Crippen molar-refractivity contribution >= 4 is 23.4 Å². The van der Waals surface area contributed by atoms with Gasteiger partial charge in [0, 0.05) is 18.3 Å². The summed E-state index contributed by atoms with van der Waals surface area (Å²) in [6.07, 6.45) is 0. The van der Waals surface area contributed by atoms with Crippen LogP contribution in [0.15, 0.2) is 58.2 Å². The number of hydrogen-bond donors (Lipinski definition) is 1. The molecule has 0 unspecified atom stereocenters. The molecule has 0 bridgehead atoms. The minimum atomic E-state index is -0.114. The van der Waals surface area contributed by atoms with Gasteiger partial charge in [0.15, 0.2) is 5.16 Å².